The van der Waals surface area contributed by atoms with E-state index in [2.05, 4.69) is 0 Å². The van der Waals surface area contributed by atoms with Gasteiger partial charge in [0.25, 0.3) is 5.91 Å². The van der Waals surface area contributed by atoms with Crippen LogP contribution < -0.4 is 15.3 Å². The molecule has 1 aromatic heterocycles. The van der Waals surface area contributed by atoms with E-state index in [0.717, 1.165) is 11.1 Å². The minimum absolute atomic E-state index is 0.147. The molecule has 0 N–H and O–H groups in total. The van der Waals surface area contributed by atoms with Crippen molar-refractivity contribution in [3.63, 3.8) is 0 Å². The highest BCUT2D eigenvalue weighted by molar-refractivity contribution is 5.95. The Morgan fingerprint density at radius 2 is 1.75 bits per heavy atom. The number of hydrogen-bond acceptors (Lipinski definition) is 7. The van der Waals surface area contributed by atoms with Gasteiger partial charge >= 0.3 is 11.6 Å². The second-order valence-electron chi connectivity index (χ2n) is 7.20. The zero-order chi connectivity index (χ0) is 23.1. The molecule has 3 aromatic rings. The summed E-state index contributed by atoms with van der Waals surface area (Å²) in [5, 5.41) is 9.63. The number of nitrogens with zero attached hydrogens (tertiary/aromatic N) is 2. The lowest BCUT2D eigenvalue weighted by Gasteiger charge is -2.22. The van der Waals surface area contributed by atoms with E-state index in [0.29, 0.717) is 22.4 Å². The van der Waals surface area contributed by atoms with Gasteiger partial charge in [0.15, 0.2) is 13.2 Å². The van der Waals surface area contributed by atoms with Crippen LogP contribution in [0.15, 0.2) is 57.7 Å². The van der Waals surface area contributed by atoms with Gasteiger partial charge < -0.3 is 18.8 Å². The van der Waals surface area contributed by atoms with Gasteiger partial charge in [0.2, 0.25) is 0 Å². The van der Waals surface area contributed by atoms with Gasteiger partial charge in [0.1, 0.15) is 11.3 Å². The minimum Gasteiger partial charge on any atom is -0.482 e. The van der Waals surface area contributed by atoms with E-state index in [4.69, 9.17) is 19.2 Å². The van der Waals surface area contributed by atoms with Gasteiger partial charge in [-0.05, 0) is 55.3 Å². The number of amides is 1. The van der Waals surface area contributed by atoms with Crippen molar-refractivity contribution in [1.82, 2.24) is 0 Å². The molecule has 0 fully saturated rings. The Morgan fingerprint density at radius 3 is 2.47 bits per heavy atom. The number of carbonyl (C=O) groups is 2. The number of hydrogen-bond donors (Lipinski definition) is 0. The van der Waals surface area contributed by atoms with E-state index in [1.165, 1.54) is 17.0 Å². The monoisotopic (exact) mass is 434 g/mol. The van der Waals surface area contributed by atoms with Crippen LogP contribution in [0, 0.1) is 25.2 Å². The second kappa shape index (κ2) is 10.3. The summed E-state index contributed by atoms with van der Waals surface area (Å²) in [6.45, 7) is 3.12. The minimum atomic E-state index is -0.728. The fourth-order valence-corrected chi connectivity index (χ4v) is 3.20. The Morgan fingerprint density at radius 1 is 1.03 bits per heavy atom. The summed E-state index contributed by atoms with van der Waals surface area (Å²) in [6, 6.07) is 15.4. The third-order valence-electron chi connectivity index (χ3n) is 4.57. The molecule has 32 heavy (non-hydrogen) atoms. The Bertz CT molecular complexity index is 1220. The van der Waals surface area contributed by atoms with Crippen molar-refractivity contribution in [3.05, 3.63) is 70.1 Å². The molecular weight excluding hydrogens is 412 g/mol. The largest absolute Gasteiger partial charge is 0.482 e. The molecule has 164 valence electrons. The molecule has 8 heteroatoms. The van der Waals surface area contributed by atoms with Crippen LogP contribution in [-0.4, -0.2) is 31.6 Å². The molecule has 2 aromatic carbocycles. The third-order valence-corrected chi connectivity index (χ3v) is 4.57. The normalized spacial score (nSPS) is 10.4. The first kappa shape index (κ1) is 22.6. The highest BCUT2D eigenvalue weighted by atomic mass is 16.6. The highest BCUT2D eigenvalue weighted by Gasteiger charge is 2.18. The third kappa shape index (κ3) is 5.95. The average molecular weight is 434 g/mol. The van der Waals surface area contributed by atoms with Crippen molar-refractivity contribution in [1.29, 1.82) is 5.26 Å². The maximum Gasteiger partial charge on any atom is 0.344 e. The lowest BCUT2D eigenvalue weighted by atomic mass is 10.1. The van der Waals surface area contributed by atoms with Crippen molar-refractivity contribution < 1.29 is 23.5 Å². The van der Waals surface area contributed by atoms with Crippen molar-refractivity contribution in [2.45, 2.75) is 20.3 Å². The first-order valence-corrected chi connectivity index (χ1v) is 9.93. The van der Waals surface area contributed by atoms with Gasteiger partial charge in [-0.1, -0.05) is 6.07 Å². The van der Waals surface area contributed by atoms with Crippen molar-refractivity contribution >= 4 is 28.5 Å². The lowest BCUT2D eigenvalue weighted by molar-refractivity contribution is -0.149. The topological polar surface area (TPSA) is 110 Å². The van der Waals surface area contributed by atoms with Gasteiger partial charge in [-0.3, -0.25) is 4.79 Å². The first-order chi connectivity index (χ1) is 15.4. The number of esters is 1. The van der Waals surface area contributed by atoms with Crippen LogP contribution in [0.25, 0.3) is 11.0 Å². The molecule has 0 spiro atoms. The Labute approximate surface area is 184 Å². The molecule has 0 aliphatic rings. The number of anilines is 1. The van der Waals surface area contributed by atoms with Crippen LogP contribution in [-0.2, 0) is 14.3 Å². The summed E-state index contributed by atoms with van der Waals surface area (Å²) in [5.74, 6) is -0.847. The molecule has 8 nitrogen and oxygen atoms in total. The van der Waals surface area contributed by atoms with E-state index >= 15 is 0 Å². The van der Waals surface area contributed by atoms with Crippen LogP contribution >= 0.6 is 0 Å². The summed E-state index contributed by atoms with van der Waals surface area (Å²) >= 11 is 0. The lowest BCUT2D eigenvalue weighted by Crippen LogP contribution is -2.36. The van der Waals surface area contributed by atoms with E-state index < -0.39 is 30.7 Å². The van der Waals surface area contributed by atoms with Gasteiger partial charge in [-0.2, -0.15) is 5.26 Å². The number of benzene rings is 2. The van der Waals surface area contributed by atoms with Gasteiger partial charge in [0, 0.05) is 29.8 Å². The van der Waals surface area contributed by atoms with Gasteiger partial charge in [-0.15, -0.1) is 0 Å². The molecule has 0 aliphatic heterocycles. The van der Waals surface area contributed by atoms with Crippen molar-refractivity contribution in [3.8, 4) is 11.8 Å². The number of rotatable bonds is 8. The summed E-state index contributed by atoms with van der Waals surface area (Å²) in [6.07, 6.45) is 0.147. The predicted molar refractivity (Wildman–Crippen MR) is 117 cm³/mol. The van der Waals surface area contributed by atoms with Crippen LogP contribution in [0.3, 0.4) is 0 Å². The number of carbonyl (C=O) groups excluding carboxylic acids is 2. The molecular formula is C24H22N2O6. The number of nitriles is 1. The molecule has 0 unspecified atom stereocenters. The molecule has 0 bridgehead atoms. The van der Waals surface area contributed by atoms with E-state index in [-0.39, 0.29) is 13.0 Å². The van der Waals surface area contributed by atoms with Crippen molar-refractivity contribution in [2.75, 3.05) is 24.7 Å². The van der Waals surface area contributed by atoms with Crippen molar-refractivity contribution in [2.24, 2.45) is 0 Å². The fourth-order valence-electron chi connectivity index (χ4n) is 3.20. The van der Waals surface area contributed by atoms with Crippen LogP contribution in [0.4, 0.5) is 5.69 Å². The maximum absolute atomic E-state index is 12.7. The summed E-state index contributed by atoms with van der Waals surface area (Å²) in [4.78, 5) is 37.5. The molecule has 0 saturated carbocycles. The molecule has 3 rings (SSSR count). The summed E-state index contributed by atoms with van der Waals surface area (Å²) < 4.78 is 15.5. The molecule has 0 aliphatic carbocycles. The summed E-state index contributed by atoms with van der Waals surface area (Å²) in [5.41, 5.74) is 2.45. The Hall–Kier alpha value is -4.12. The molecule has 1 amide bonds. The van der Waals surface area contributed by atoms with Crippen LogP contribution in [0.1, 0.15) is 17.5 Å². The van der Waals surface area contributed by atoms with Crippen LogP contribution in [0.5, 0.6) is 5.75 Å². The second-order valence-corrected chi connectivity index (χ2v) is 7.20. The van der Waals surface area contributed by atoms with Gasteiger partial charge in [0.05, 0.1) is 12.5 Å². The molecule has 0 saturated heterocycles. The van der Waals surface area contributed by atoms with E-state index in [1.54, 1.807) is 18.2 Å². The standard InChI is InChI=1S/C24H22N2O6/c1-16-10-17(2)12-19(11-16)26(9-3-8-25)22(27)14-31-24(29)15-30-20-6-4-18-5-7-23(28)32-21(18)13-20/h4-7,10-13H,3,9,14-15H2,1-2H3. The van der Waals surface area contributed by atoms with E-state index in [1.807, 2.05) is 38.1 Å². The zero-order valence-corrected chi connectivity index (χ0v) is 17.8. The molecule has 1 heterocycles. The predicted octanol–water partition coefficient (Wildman–Crippen LogP) is 3.28. The number of fused-ring (bicyclic) bond motifs is 1. The highest BCUT2D eigenvalue weighted by Crippen LogP contribution is 2.20. The van der Waals surface area contributed by atoms with E-state index in [9.17, 15) is 14.4 Å². The Balaban J connectivity index is 1.59. The SMILES string of the molecule is Cc1cc(C)cc(N(CCC#N)C(=O)COC(=O)COc2ccc3ccc(=O)oc3c2)c1. The van der Waals surface area contributed by atoms with Crippen LogP contribution in [0.2, 0.25) is 0 Å². The average Bonchev–Trinajstić information content (AvgIpc) is 2.75. The molecule has 0 atom stereocenters. The molecule has 0 radical (unpaired) electrons. The maximum atomic E-state index is 12.7. The number of ether oxygens (including phenoxy) is 2. The summed E-state index contributed by atoms with van der Waals surface area (Å²) in [7, 11) is 0. The van der Waals surface area contributed by atoms with Gasteiger partial charge in [-0.25, -0.2) is 9.59 Å². The smallest absolute Gasteiger partial charge is 0.344 e. The first-order valence-electron chi connectivity index (χ1n) is 9.93. The number of aryl methyl sites for hydroxylation is 2. The fraction of sp³-hybridized carbons (Fsp3) is 0.250. The zero-order valence-electron chi connectivity index (χ0n) is 17.8. The quantitative estimate of drug-likeness (QED) is 0.395. The Kier molecular flexibility index (Phi) is 7.24.